The zero-order valence-electron chi connectivity index (χ0n) is 11.9. The number of ether oxygens (including phenoxy) is 1. The van der Waals surface area contributed by atoms with Crippen LogP contribution < -0.4 is 5.43 Å². The van der Waals surface area contributed by atoms with E-state index < -0.39 is 0 Å². The van der Waals surface area contributed by atoms with Crippen molar-refractivity contribution in [3.05, 3.63) is 45.8 Å². The van der Waals surface area contributed by atoms with Gasteiger partial charge < -0.3 is 14.3 Å². The summed E-state index contributed by atoms with van der Waals surface area (Å²) in [4.78, 5) is 23.7. The smallest absolute Gasteiger partial charge is 0.305 e. The van der Waals surface area contributed by atoms with Crippen molar-refractivity contribution in [3.8, 4) is 5.75 Å². The first-order valence-electron chi connectivity index (χ1n) is 6.46. The molecule has 0 aliphatic heterocycles. The van der Waals surface area contributed by atoms with Crippen LogP contribution in [0.15, 0.2) is 27.9 Å². The van der Waals surface area contributed by atoms with E-state index in [2.05, 4.69) is 11.3 Å². The SMILES string of the molecule is C=Cc1c(CCC(=O)OC)oc2cc(C)cc(O)c2c1=O. The maximum absolute atomic E-state index is 12.4. The Morgan fingerprint density at radius 1 is 1.48 bits per heavy atom. The quantitative estimate of drug-likeness (QED) is 0.875. The second kappa shape index (κ2) is 5.83. The number of aromatic hydroxyl groups is 1. The van der Waals surface area contributed by atoms with Crippen LogP contribution in [0.2, 0.25) is 0 Å². The maximum Gasteiger partial charge on any atom is 0.305 e. The number of fused-ring (bicyclic) bond motifs is 1. The molecule has 0 bridgehead atoms. The Hall–Kier alpha value is -2.56. The highest BCUT2D eigenvalue weighted by molar-refractivity contribution is 5.86. The molecule has 1 heterocycles. The molecule has 0 radical (unpaired) electrons. The first kappa shape index (κ1) is 14.8. The van der Waals surface area contributed by atoms with Gasteiger partial charge in [-0.2, -0.15) is 0 Å². The van der Waals surface area contributed by atoms with Crippen LogP contribution in [0.4, 0.5) is 0 Å². The predicted octanol–water partition coefficient (Wildman–Crippen LogP) is 2.56. The molecule has 0 aliphatic rings. The van der Waals surface area contributed by atoms with Crippen molar-refractivity contribution in [2.45, 2.75) is 19.8 Å². The van der Waals surface area contributed by atoms with Crippen LogP contribution in [-0.2, 0) is 16.0 Å². The predicted molar refractivity (Wildman–Crippen MR) is 79.3 cm³/mol. The number of phenols is 1. The molecule has 0 saturated heterocycles. The van der Waals surface area contributed by atoms with E-state index in [4.69, 9.17) is 4.42 Å². The molecule has 0 unspecified atom stereocenters. The second-order valence-corrected chi connectivity index (χ2v) is 4.71. The number of carbonyl (C=O) groups is 1. The van der Waals surface area contributed by atoms with E-state index in [0.717, 1.165) is 5.56 Å². The van der Waals surface area contributed by atoms with Gasteiger partial charge in [-0.25, -0.2) is 0 Å². The number of hydrogen-bond donors (Lipinski definition) is 1. The highest BCUT2D eigenvalue weighted by Gasteiger charge is 2.16. The normalized spacial score (nSPS) is 10.6. The Labute approximate surface area is 121 Å². The largest absolute Gasteiger partial charge is 0.507 e. The van der Waals surface area contributed by atoms with Gasteiger partial charge in [0.2, 0.25) is 5.43 Å². The van der Waals surface area contributed by atoms with Crippen molar-refractivity contribution < 1.29 is 19.1 Å². The van der Waals surface area contributed by atoms with Crippen LogP contribution in [0.25, 0.3) is 17.0 Å². The van der Waals surface area contributed by atoms with E-state index in [1.165, 1.54) is 19.3 Å². The maximum atomic E-state index is 12.4. The minimum absolute atomic E-state index is 0.101. The van der Waals surface area contributed by atoms with E-state index in [-0.39, 0.29) is 40.9 Å². The summed E-state index contributed by atoms with van der Waals surface area (Å²) < 4.78 is 10.3. The zero-order valence-corrected chi connectivity index (χ0v) is 11.9. The number of hydrogen-bond acceptors (Lipinski definition) is 5. The number of esters is 1. The van der Waals surface area contributed by atoms with Crippen molar-refractivity contribution in [2.24, 2.45) is 0 Å². The van der Waals surface area contributed by atoms with Crippen LogP contribution in [0, 0.1) is 6.92 Å². The van der Waals surface area contributed by atoms with Crippen molar-refractivity contribution >= 4 is 23.0 Å². The molecule has 110 valence electrons. The number of rotatable bonds is 4. The van der Waals surface area contributed by atoms with Gasteiger partial charge in [-0.15, -0.1) is 0 Å². The molecule has 0 atom stereocenters. The standard InChI is InChI=1S/C16H16O5/c1-4-10-12(5-6-14(18)20-3)21-13-8-9(2)7-11(17)15(13)16(10)19/h4,7-8,17H,1,5-6H2,2-3H3. The highest BCUT2D eigenvalue weighted by Crippen LogP contribution is 2.26. The number of methoxy groups -OCH3 is 1. The molecule has 1 aromatic heterocycles. The number of phenolic OH excluding ortho intramolecular Hbond substituents is 1. The molecule has 1 aromatic carbocycles. The lowest BCUT2D eigenvalue weighted by atomic mass is 10.1. The zero-order chi connectivity index (χ0) is 15.6. The molecule has 0 fully saturated rings. The molecule has 2 rings (SSSR count). The van der Waals surface area contributed by atoms with Gasteiger partial charge in [0.15, 0.2) is 0 Å². The van der Waals surface area contributed by atoms with E-state index in [1.54, 1.807) is 13.0 Å². The number of aryl methyl sites for hydroxylation is 2. The molecule has 0 spiro atoms. The van der Waals surface area contributed by atoms with Gasteiger partial charge in [0.05, 0.1) is 19.1 Å². The number of carbonyl (C=O) groups excluding carboxylic acids is 1. The van der Waals surface area contributed by atoms with E-state index in [0.29, 0.717) is 11.3 Å². The lowest BCUT2D eigenvalue weighted by molar-refractivity contribution is -0.140. The Kier molecular flexibility index (Phi) is 4.12. The Morgan fingerprint density at radius 3 is 2.81 bits per heavy atom. The monoisotopic (exact) mass is 288 g/mol. The molecule has 0 amide bonds. The summed E-state index contributed by atoms with van der Waals surface area (Å²) in [7, 11) is 1.30. The molecule has 5 nitrogen and oxygen atoms in total. The summed E-state index contributed by atoms with van der Waals surface area (Å²) in [5.41, 5.74) is 0.963. The molecule has 0 saturated carbocycles. The topological polar surface area (TPSA) is 76.7 Å². The van der Waals surface area contributed by atoms with Crippen LogP contribution in [0.5, 0.6) is 5.75 Å². The van der Waals surface area contributed by atoms with Gasteiger partial charge in [0.25, 0.3) is 0 Å². The average molecular weight is 288 g/mol. The summed E-state index contributed by atoms with van der Waals surface area (Å²) in [6.07, 6.45) is 1.70. The first-order chi connectivity index (χ1) is 9.97. The van der Waals surface area contributed by atoms with Gasteiger partial charge in [-0.1, -0.05) is 12.7 Å². The molecule has 5 heteroatoms. The van der Waals surface area contributed by atoms with Gasteiger partial charge in [-0.05, 0) is 24.6 Å². The fourth-order valence-electron chi connectivity index (χ4n) is 2.20. The molecular weight excluding hydrogens is 272 g/mol. The van der Waals surface area contributed by atoms with Crippen molar-refractivity contribution in [3.63, 3.8) is 0 Å². The lowest BCUT2D eigenvalue weighted by Gasteiger charge is -2.08. The molecule has 2 aromatic rings. The summed E-state index contributed by atoms with van der Waals surface area (Å²) in [5, 5.41) is 10.1. The van der Waals surface area contributed by atoms with Gasteiger partial charge in [-0.3, -0.25) is 9.59 Å². The Balaban J connectivity index is 2.63. The van der Waals surface area contributed by atoms with Crippen molar-refractivity contribution in [2.75, 3.05) is 7.11 Å². The van der Waals surface area contributed by atoms with Crippen LogP contribution in [0.1, 0.15) is 23.3 Å². The van der Waals surface area contributed by atoms with Crippen molar-refractivity contribution in [1.82, 2.24) is 0 Å². The van der Waals surface area contributed by atoms with Crippen LogP contribution >= 0.6 is 0 Å². The Bertz CT molecular complexity index is 770. The Morgan fingerprint density at radius 2 is 2.19 bits per heavy atom. The van der Waals surface area contributed by atoms with Crippen molar-refractivity contribution in [1.29, 1.82) is 0 Å². The number of benzene rings is 1. The summed E-state index contributed by atoms with van der Waals surface area (Å²) in [6, 6.07) is 3.17. The van der Waals surface area contributed by atoms with Gasteiger partial charge in [0.1, 0.15) is 22.5 Å². The minimum atomic E-state index is -0.389. The average Bonchev–Trinajstić information content (AvgIpc) is 2.43. The first-order valence-corrected chi connectivity index (χ1v) is 6.46. The van der Waals surface area contributed by atoms with Gasteiger partial charge >= 0.3 is 5.97 Å². The van der Waals surface area contributed by atoms with E-state index in [1.807, 2.05) is 0 Å². The second-order valence-electron chi connectivity index (χ2n) is 4.71. The third-order valence-electron chi connectivity index (χ3n) is 3.22. The molecule has 21 heavy (non-hydrogen) atoms. The summed E-state index contributed by atoms with van der Waals surface area (Å²) >= 11 is 0. The third-order valence-corrected chi connectivity index (χ3v) is 3.22. The summed E-state index contributed by atoms with van der Waals surface area (Å²) in [6.45, 7) is 5.38. The molecule has 1 N–H and O–H groups in total. The lowest BCUT2D eigenvalue weighted by Crippen LogP contribution is -2.11. The fourth-order valence-corrected chi connectivity index (χ4v) is 2.20. The van der Waals surface area contributed by atoms with Crippen LogP contribution in [-0.4, -0.2) is 18.2 Å². The highest BCUT2D eigenvalue weighted by atomic mass is 16.5. The molecular formula is C16H16O5. The summed E-state index contributed by atoms with van der Waals surface area (Å²) in [5.74, 6) is -0.154. The van der Waals surface area contributed by atoms with Gasteiger partial charge in [0, 0.05) is 6.42 Å². The van der Waals surface area contributed by atoms with Crippen LogP contribution in [0.3, 0.4) is 0 Å². The van der Waals surface area contributed by atoms with E-state index in [9.17, 15) is 14.7 Å². The van der Waals surface area contributed by atoms with E-state index >= 15 is 0 Å². The fraction of sp³-hybridized carbons (Fsp3) is 0.250. The molecule has 0 aliphatic carbocycles. The third kappa shape index (κ3) is 2.81. The minimum Gasteiger partial charge on any atom is -0.507 e.